The van der Waals surface area contributed by atoms with E-state index in [1.54, 1.807) is 24.9 Å². The molecule has 1 aromatic carbocycles. The average molecular weight is 343 g/mol. The number of benzene rings is 1. The van der Waals surface area contributed by atoms with Gasteiger partial charge in [-0.2, -0.15) is 0 Å². The zero-order valence-electron chi connectivity index (χ0n) is 15.2. The van der Waals surface area contributed by atoms with E-state index < -0.39 is 5.97 Å². The summed E-state index contributed by atoms with van der Waals surface area (Å²) < 4.78 is 10.3. The molecule has 5 nitrogen and oxygen atoms in total. The number of furan rings is 1. The van der Waals surface area contributed by atoms with Gasteiger partial charge in [0.2, 0.25) is 5.91 Å². The molecule has 0 aliphatic heterocycles. The van der Waals surface area contributed by atoms with E-state index in [2.05, 4.69) is 6.92 Å². The number of hydrogen-bond acceptors (Lipinski definition) is 4. The lowest BCUT2D eigenvalue weighted by atomic mass is 9.93. The van der Waals surface area contributed by atoms with Crippen LogP contribution in [0.5, 0.6) is 0 Å². The molecule has 1 heterocycles. The molecule has 5 heteroatoms. The van der Waals surface area contributed by atoms with Crippen molar-refractivity contribution >= 4 is 11.9 Å². The topological polar surface area (TPSA) is 59.8 Å². The molecular formula is C20H25NO4. The predicted molar refractivity (Wildman–Crippen MR) is 95.3 cm³/mol. The van der Waals surface area contributed by atoms with Crippen LogP contribution >= 0.6 is 0 Å². The number of likely N-dealkylation sites (N-methyl/N-ethyl adjacent to an activating group) is 1. The lowest BCUT2D eigenvalue weighted by Gasteiger charge is -2.23. The van der Waals surface area contributed by atoms with Gasteiger partial charge in [-0.1, -0.05) is 43.7 Å². The van der Waals surface area contributed by atoms with Gasteiger partial charge in [-0.25, -0.2) is 4.79 Å². The zero-order chi connectivity index (χ0) is 18.4. The maximum Gasteiger partial charge on any atom is 0.341 e. The molecule has 2 aromatic rings. The van der Waals surface area contributed by atoms with Crippen LogP contribution < -0.4 is 0 Å². The number of aryl methyl sites for hydroxylation is 1. The van der Waals surface area contributed by atoms with E-state index >= 15 is 0 Å². The fraction of sp³-hybridized carbons (Fsp3) is 0.400. The third-order valence-corrected chi connectivity index (χ3v) is 4.22. The number of hydrogen-bond donors (Lipinski definition) is 0. The lowest BCUT2D eigenvalue weighted by Crippen LogP contribution is -2.31. The summed E-state index contributed by atoms with van der Waals surface area (Å²) >= 11 is 0. The Balaban J connectivity index is 2.14. The number of esters is 1. The molecular weight excluding hydrogens is 318 g/mol. The van der Waals surface area contributed by atoms with Crippen molar-refractivity contribution in [2.45, 2.75) is 39.2 Å². The second-order valence-electron chi connectivity index (χ2n) is 6.12. The van der Waals surface area contributed by atoms with E-state index in [-0.39, 0.29) is 11.8 Å². The zero-order valence-corrected chi connectivity index (χ0v) is 15.2. The number of methoxy groups -OCH3 is 1. The van der Waals surface area contributed by atoms with Crippen LogP contribution in [-0.2, 0) is 16.1 Å². The normalized spacial score (nSPS) is 11.8. The molecule has 0 saturated heterocycles. The molecule has 1 amide bonds. The standard InChI is InChI=1S/C20H25NO4/c1-5-9-17(15-10-7-6-8-11-15)19(22)21(3)13-16-12-18(14(2)25-16)20(23)24-4/h6-8,10-12,17H,5,9,13H2,1-4H3. The first-order valence-electron chi connectivity index (χ1n) is 8.45. The van der Waals surface area contributed by atoms with Crippen molar-refractivity contribution in [2.75, 3.05) is 14.2 Å². The number of rotatable bonds is 7. The Bertz CT molecular complexity index is 721. The van der Waals surface area contributed by atoms with Crippen molar-refractivity contribution in [1.82, 2.24) is 4.90 Å². The molecule has 0 aliphatic carbocycles. The van der Waals surface area contributed by atoms with Crippen LogP contribution in [0.2, 0.25) is 0 Å². The summed E-state index contributed by atoms with van der Waals surface area (Å²) in [6.07, 6.45) is 1.71. The number of nitrogens with zero attached hydrogens (tertiary/aromatic N) is 1. The van der Waals surface area contributed by atoms with Gasteiger partial charge < -0.3 is 14.1 Å². The van der Waals surface area contributed by atoms with Gasteiger partial charge in [0.25, 0.3) is 0 Å². The Labute approximate surface area is 148 Å². The minimum absolute atomic E-state index is 0.0433. The smallest absolute Gasteiger partial charge is 0.341 e. The summed E-state index contributed by atoms with van der Waals surface area (Å²) in [6.45, 7) is 4.09. The Morgan fingerprint density at radius 2 is 1.92 bits per heavy atom. The SMILES string of the molecule is CCCC(C(=O)N(C)Cc1cc(C(=O)OC)c(C)o1)c1ccccc1. The molecule has 0 spiro atoms. The molecule has 1 aromatic heterocycles. The minimum Gasteiger partial charge on any atom is -0.465 e. The van der Waals surface area contributed by atoms with E-state index in [0.29, 0.717) is 23.6 Å². The Kier molecular flexibility index (Phi) is 6.39. The molecule has 0 N–H and O–H groups in total. The van der Waals surface area contributed by atoms with Gasteiger partial charge in [0.05, 0.1) is 19.6 Å². The van der Waals surface area contributed by atoms with Crippen molar-refractivity contribution in [1.29, 1.82) is 0 Å². The van der Waals surface area contributed by atoms with Gasteiger partial charge in [-0.3, -0.25) is 4.79 Å². The van der Waals surface area contributed by atoms with Crippen LogP contribution in [-0.4, -0.2) is 30.9 Å². The second-order valence-corrected chi connectivity index (χ2v) is 6.12. The Hall–Kier alpha value is -2.56. The van der Waals surface area contributed by atoms with Gasteiger partial charge >= 0.3 is 5.97 Å². The third-order valence-electron chi connectivity index (χ3n) is 4.22. The molecule has 134 valence electrons. The van der Waals surface area contributed by atoms with Gasteiger partial charge in [-0.05, 0) is 25.0 Å². The van der Waals surface area contributed by atoms with E-state index in [0.717, 1.165) is 18.4 Å². The van der Waals surface area contributed by atoms with E-state index in [1.165, 1.54) is 7.11 Å². The van der Waals surface area contributed by atoms with Crippen LogP contribution in [0.15, 0.2) is 40.8 Å². The van der Waals surface area contributed by atoms with Gasteiger partial charge in [0, 0.05) is 7.05 Å². The fourth-order valence-electron chi connectivity index (χ4n) is 2.92. The van der Waals surface area contributed by atoms with Crippen LogP contribution in [0.4, 0.5) is 0 Å². The largest absolute Gasteiger partial charge is 0.465 e. The first kappa shape index (κ1) is 18.8. The maximum atomic E-state index is 12.9. The average Bonchev–Trinajstić information content (AvgIpc) is 2.99. The highest BCUT2D eigenvalue weighted by Gasteiger charge is 2.24. The molecule has 0 radical (unpaired) electrons. The highest BCUT2D eigenvalue weighted by atomic mass is 16.5. The maximum absolute atomic E-state index is 12.9. The molecule has 1 unspecified atom stereocenters. The molecule has 0 aliphatic rings. The van der Waals surface area contributed by atoms with Crippen LogP contribution in [0, 0.1) is 6.92 Å². The van der Waals surface area contributed by atoms with Crippen molar-refractivity contribution < 1.29 is 18.7 Å². The van der Waals surface area contributed by atoms with Crippen molar-refractivity contribution in [3.63, 3.8) is 0 Å². The minimum atomic E-state index is -0.436. The Morgan fingerprint density at radius 1 is 1.24 bits per heavy atom. The van der Waals surface area contributed by atoms with Gasteiger partial charge in [-0.15, -0.1) is 0 Å². The number of carbonyl (C=O) groups is 2. The van der Waals surface area contributed by atoms with Crippen LogP contribution in [0.1, 0.15) is 53.1 Å². The van der Waals surface area contributed by atoms with Crippen molar-refractivity contribution in [3.8, 4) is 0 Å². The summed E-state index contributed by atoms with van der Waals surface area (Å²) in [6, 6.07) is 11.5. The molecule has 0 saturated carbocycles. The quantitative estimate of drug-likeness (QED) is 0.715. The number of ether oxygens (including phenoxy) is 1. The highest BCUT2D eigenvalue weighted by molar-refractivity contribution is 5.90. The van der Waals surface area contributed by atoms with E-state index in [4.69, 9.17) is 9.15 Å². The molecule has 1 atom stereocenters. The summed E-state index contributed by atoms with van der Waals surface area (Å²) in [4.78, 5) is 26.2. The predicted octanol–water partition coefficient (Wildman–Crippen LogP) is 3.92. The Morgan fingerprint density at radius 3 is 2.52 bits per heavy atom. The van der Waals surface area contributed by atoms with Crippen molar-refractivity contribution in [2.24, 2.45) is 0 Å². The molecule has 2 rings (SSSR count). The summed E-state index contributed by atoms with van der Waals surface area (Å²) in [5.74, 6) is 0.497. The lowest BCUT2D eigenvalue weighted by molar-refractivity contribution is -0.132. The first-order chi connectivity index (χ1) is 12.0. The third kappa shape index (κ3) is 4.50. The molecule has 0 bridgehead atoms. The fourth-order valence-corrected chi connectivity index (χ4v) is 2.92. The number of carbonyl (C=O) groups excluding carboxylic acids is 2. The second kappa shape index (κ2) is 8.51. The van der Waals surface area contributed by atoms with Gasteiger partial charge in [0.15, 0.2) is 0 Å². The van der Waals surface area contributed by atoms with E-state index in [1.807, 2.05) is 30.3 Å². The summed E-state index contributed by atoms with van der Waals surface area (Å²) in [5, 5.41) is 0. The van der Waals surface area contributed by atoms with Crippen molar-refractivity contribution in [3.05, 3.63) is 59.0 Å². The van der Waals surface area contributed by atoms with E-state index in [9.17, 15) is 9.59 Å². The number of amides is 1. The first-order valence-corrected chi connectivity index (χ1v) is 8.45. The summed E-state index contributed by atoms with van der Waals surface area (Å²) in [5.41, 5.74) is 1.42. The molecule has 0 fully saturated rings. The van der Waals surface area contributed by atoms with Crippen LogP contribution in [0.25, 0.3) is 0 Å². The molecule has 25 heavy (non-hydrogen) atoms. The highest BCUT2D eigenvalue weighted by Crippen LogP contribution is 2.25. The van der Waals surface area contributed by atoms with Gasteiger partial charge in [0.1, 0.15) is 17.1 Å². The summed E-state index contributed by atoms with van der Waals surface area (Å²) in [7, 11) is 3.09. The van der Waals surface area contributed by atoms with Crippen LogP contribution in [0.3, 0.4) is 0 Å². The monoisotopic (exact) mass is 343 g/mol.